The fraction of sp³-hybridized carbons (Fsp3) is 0.143. The van der Waals surface area contributed by atoms with Crippen molar-refractivity contribution in [1.82, 2.24) is 4.98 Å². The molecule has 0 saturated carbocycles. The summed E-state index contributed by atoms with van der Waals surface area (Å²) in [4.78, 5) is 17.9. The predicted molar refractivity (Wildman–Crippen MR) is 75.4 cm³/mol. The smallest absolute Gasteiger partial charge is 0.243 e. The summed E-state index contributed by atoms with van der Waals surface area (Å²) in [6.45, 7) is 0.885. The molecule has 96 valence electrons. The molecule has 0 radical (unpaired) electrons. The maximum absolute atomic E-state index is 11.7. The molecule has 2 heterocycles. The van der Waals surface area contributed by atoms with Crippen LogP contribution in [0.25, 0.3) is 0 Å². The summed E-state index contributed by atoms with van der Waals surface area (Å²) in [5.74, 6) is -0.0132. The second-order valence-electron chi connectivity index (χ2n) is 4.37. The number of rotatable bonds is 2. The minimum atomic E-state index is -0.0132. The van der Waals surface area contributed by atoms with E-state index in [1.807, 2.05) is 41.3 Å². The molecule has 1 aliphatic rings. The van der Waals surface area contributed by atoms with Gasteiger partial charge in [-0.15, -0.1) is 0 Å². The van der Waals surface area contributed by atoms with Crippen molar-refractivity contribution in [2.75, 3.05) is 16.8 Å². The summed E-state index contributed by atoms with van der Waals surface area (Å²) in [6, 6.07) is 13.2. The second kappa shape index (κ2) is 4.90. The van der Waals surface area contributed by atoms with E-state index in [-0.39, 0.29) is 5.91 Å². The van der Waals surface area contributed by atoms with Gasteiger partial charge in [0.15, 0.2) is 0 Å². The molecular formula is C14H12ClN3O. The number of hydrogen-bond acceptors (Lipinski definition) is 3. The van der Waals surface area contributed by atoms with E-state index in [0.717, 1.165) is 17.1 Å². The van der Waals surface area contributed by atoms with Gasteiger partial charge < -0.3 is 10.2 Å². The summed E-state index contributed by atoms with van der Waals surface area (Å²) < 4.78 is 0. The highest BCUT2D eigenvalue weighted by atomic mass is 35.5. The lowest BCUT2D eigenvalue weighted by molar-refractivity contribution is -0.115. The van der Waals surface area contributed by atoms with Crippen LogP contribution in [0.4, 0.5) is 11.4 Å². The maximum Gasteiger partial charge on any atom is 0.243 e. The lowest BCUT2D eigenvalue weighted by Gasteiger charge is -2.30. The maximum atomic E-state index is 11.7. The molecule has 0 bridgehead atoms. The summed E-state index contributed by atoms with van der Waals surface area (Å²) >= 11 is 5.88. The number of fused-ring (bicyclic) bond motifs is 1. The van der Waals surface area contributed by atoms with Gasteiger partial charge in [0.2, 0.25) is 5.91 Å². The molecule has 3 rings (SSSR count). The zero-order chi connectivity index (χ0) is 13.2. The van der Waals surface area contributed by atoms with Gasteiger partial charge in [-0.2, -0.15) is 0 Å². The van der Waals surface area contributed by atoms with Gasteiger partial charge >= 0.3 is 0 Å². The van der Waals surface area contributed by atoms with Crippen molar-refractivity contribution in [3.63, 3.8) is 0 Å². The number of hydrogen-bond donors (Lipinski definition) is 1. The van der Waals surface area contributed by atoms with Crippen molar-refractivity contribution < 1.29 is 4.79 Å². The van der Waals surface area contributed by atoms with E-state index in [0.29, 0.717) is 18.2 Å². The molecule has 2 aromatic rings. The molecule has 1 aromatic carbocycles. The second-order valence-corrected chi connectivity index (χ2v) is 4.76. The zero-order valence-corrected chi connectivity index (χ0v) is 10.9. The Balaban J connectivity index is 1.91. The number of pyridine rings is 1. The third-order valence-electron chi connectivity index (χ3n) is 2.98. The van der Waals surface area contributed by atoms with E-state index < -0.39 is 0 Å². The lowest BCUT2D eigenvalue weighted by Crippen LogP contribution is -2.37. The molecule has 1 amide bonds. The number of para-hydroxylation sites is 2. The van der Waals surface area contributed by atoms with Crippen LogP contribution in [0, 0.1) is 0 Å². The van der Waals surface area contributed by atoms with Crippen LogP contribution < -0.4 is 10.2 Å². The van der Waals surface area contributed by atoms with E-state index in [1.54, 1.807) is 6.07 Å². The van der Waals surface area contributed by atoms with Crippen LogP contribution in [-0.2, 0) is 11.3 Å². The number of carbonyl (C=O) groups excluding carboxylic acids is 1. The number of anilines is 2. The zero-order valence-electron chi connectivity index (χ0n) is 10.1. The Bertz CT molecular complexity index is 630. The van der Waals surface area contributed by atoms with Crippen LogP contribution in [0.5, 0.6) is 0 Å². The first kappa shape index (κ1) is 12.0. The van der Waals surface area contributed by atoms with Gasteiger partial charge in [0.25, 0.3) is 0 Å². The lowest BCUT2D eigenvalue weighted by atomic mass is 10.2. The van der Waals surface area contributed by atoms with E-state index in [4.69, 9.17) is 11.6 Å². The number of carbonyl (C=O) groups is 1. The Labute approximate surface area is 116 Å². The summed E-state index contributed by atoms with van der Waals surface area (Å²) in [5, 5.41) is 3.32. The van der Waals surface area contributed by atoms with Crippen LogP contribution in [0.3, 0.4) is 0 Å². The van der Waals surface area contributed by atoms with E-state index in [1.165, 1.54) is 0 Å². The Kier molecular flexibility index (Phi) is 3.09. The first-order chi connectivity index (χ1) is 9.22. The molecule has 0 unspecified atom stereocenters. The molecule has 1 aromatic heterocycles. The van der Waals surface area contributed by atoms with E-state index in [9.17, 15) is 4.79 Å². The van der Waals surface area contributed by atoms with Crippen molar-refractivity contribution in [2.45, 2.75) is 6.54 Å². The summed E-state index contributed by atoms with van der Waals surface area (Å²) in [6.07, 6.45) is 0. The standard InChI is InChI=1S/C14H12ClN3O/c15-13-7-3-4-10(16-13)8-18-9-14(19)17-11-5-1-2-6-12(11)18/h1-7H,8-9H2,(H,17,19). The number of benzene rings is 1. The van der Waals surface area contributed by atoms with Crippen molar-refractivity contribution in [2.24, 2.45) is 0 Å². The highest BCUT2D eigenvalue weighted by molar-refractivity contribution is 6.29. The number of nitrogens with one attached hydrogen (secondary N) is 1. The monoisotopic (exact) mass is 273 g/mol. The molecule has 4 nitrogen and oxygen atoms in total. The van der Waals surface area contributed by atoms with Crippen LogP contribution >= 0.6 is 11.6 Å². The Morgan fingerprint density at radius 3 is 2.89 bits per heavy atom. The van der Waals surface area contributed by atoms with Crippen molar-refractivity contribution in [3.8, 4) is 0 Å². The molecule has 0 aliphatic carbocycles. The Hall–Kier alpha value is -2.07. The van der Waals surface area contributed by atoms with Crippen molar-refractivity contribution in [3.05, 3.63) is 53.3 Å². The Morgan fingerprint density at radius 1 is 1.21 bits per heavy atom. The first-order valence-electron chi connectivity index (χ1n) is 5.97. The van der Waals surface area contributed by atoms with Gasteiger partial charge in [-0.25, -0.2) is 4.98 Å². The SMILES string of the molecule is O=C1CN(Cc2cccc(Cl)n2)c2ccccc2N1. The molecule has 0 saturated heterocycles. The van der Waals surface area contributed by atoms with Crippen molar-refractivity contribution in [1.29, 1.82) is 0 Å². The fourth-order valence-corrected chi connectivity index (χ4v) is 2.36. The molecule has 1 aliphatic heterocycles. The number of amides is 1. The van der Waals surface area contributed by atoms with Crippen LogP contribution in [0.2, 0.25) is 5.15 Å². The predicted octanol–water partition coefficient (Wildman–Crippen LogP) is 2.69. The fourth-order valence-electron chi connectivity index (χ4n) is 2.18. The largest absolute Gasteiger partial charge is 0.355 e. The van der Waals surface area contributed by atoms with Gasteiger partial charge in [-0.05, 0) is 24.3 Å². The number of nitrogens with zero attached hydrogens (tertiary/aromatic N) is 2. The quantitative estimate of drug-likeness (QED) is 0.856. The highest BCUT2D eigenvalue weighted by Gasteiger charge is 2.21. The van der Waals surface area contributed by atoms with Crippen LogP contribution in [0.1, 0.15) is 5.69 Å². The summed E-state index contributed by atoms with van der Waals surface area (Å²) in [7, 11) is 0. The molecular weight excluding hydrogens is 262 g/mol. The van der Waals surface area contributed by atoms with Gasteiger partial charge in [0, 0.05) is 0 Å². The van der Waals surface area contributed by atoms with E-state index in [2.05, 4.69) is 10.3 Å². The molecule has 0 atom stereocenters. The third kappa shape index (κ3) is 2.53. The van der Waals surface area contributed by atoms with E-state index >= 15 is 0 Å². The summed E-state index contributed by atoms with van der Waals surface area (Å²) in [5.41, 5.74) is 2.68. The molecule has 1 N–H and O–H groups in total. The Morgan fingerprint density at radius 2 is 2.05 bits per heavy atom. The highest BCUT2D eigenvalue weighted by Crippen LogP contribution is 2.29. The van der Waals surface area contributed by atoms with Crippen molar-refractivity contribution >= 4 is 28.9 Å². The normalized spacial score (nSPS) is 13.9. The van der Waals surface area contributed by atoms with Gasteiger partial charge in [-0.3, -0.25) is 4.79 Å². The molecule has 0 fully saturated rings. The third-order valence-corrected chi connectivity index (χ3v) is 3.19. The van der Waals surface area contributed by atoms with Crippen LogP contribution in [-0.4, -0.2) is 17.4 Å². The topological polar surface area (TPSA) is 45.2 Å². The van der Waals surface area contributed by atoms with Crippen LogP contribution in [0.15, 0.2) is 42.5 Å². The number of halogens is 1. The molecule has 5 heteroatoms. The minimum absolute atomic E-state index is 0.0132. The first-order valence-corrected chi connectivity index (χ1v) is 6.35. The average molecular weight is 274 g/mol. The number of aromatic nitrogens is 1. The van der Waals surface area contributed by atoms with Gasteiger partial charge in [0.1, 0.15) is 5.15 Å². The minimum Gasteiger partial charge on any atom is -0.355 e. The molecule has 0 spiro atoms. The molecule has 19 heavy (non-hydrogen) atoms. The van der Waals surface area contributed by atoms with Gasteiger partial charge in [0.05, 0.1) is 30.2 Å². The average Bonchev–Trinajstić information content (AvgIpc) is 2.38. The van der Waals surface area contributed by atoms with Gasteiger partial charge in [-0.1, -0.05) is 29.8 Å².